The largest absolute Gasteiger partial charge is 0.481 e. The number of ether oxygens (including phenoxy) is 1. The topological polar surface area (TPSA) is 80.1 Å². The predicted octanol–water partition coefficient (Wildman–Crippen LogP) is 5.54. The van der Waals surface area contributed by atoms with E-state index in [1.54, 1.807) is 25.4 Å². The summed E-state index contributed by atoms with van der Waals surface area (Å²) in [6.07, 6.45) is 3.89. The molecular formula is C26H28FN3O3. The van der Waals surface area contributed by atoms with Crippen molar-refractivity contribution in [3.05, 3.63) is 59.7 Å². The molecule has 33 heavy (non-hydrogen) atoms. The van der Waals surface area contributed by atoms with Crippen LogP contribution in [0, 0.1) is 11.7 Å². The number of nitrogens with one attached hydrogen (secondary N) is 1. The van der Waals surface area contributed by atoms with Crippen molar-refractivity contribution >= 4 is 27.8 Å². The number of H-pyrrole nitrogens is 1. The average Bonchev–Trinajstić information content (AvgIpc) is 3.49. The van der Waals surface area contributed by atoms with Gasteiger partial charge in [0, 0.05) is 34.7 Å². The summed E-state index contributed by atoms with van der Waals surface area (Å²) < 4.78 is 21.6. The predicted molar refractivity (Wildman–Crippen MR) is 126 cm³/mol. The van der Waals surface area contributed by atoms with E-state index >= 15 is 0 Å². The second-order valence-electron chi connectivity index (χ2n) is 9.76. The van der Waals surface area contributed by atoms with Crippen molar-refractivity contribution in [2.24, 2.45) is 5.92 Å². The molecule has 1 fully saturated rings. The number of halogens is 1. The highest BCUT2D eigenvalue weighted by Gasteiger charge is 2.38. The average molecular weight is 450 g/mol. The van der Waals surface area contributed by atoms with Crippen LogP contribution in [0.2, 0.25) is 0 Å². The highest BCUT2D eigenvalue weighted by atomic mass is 19.1. The van der Waals surface area contributed by atoms with Crippen LogP contribution in [-0.4, -0.2) is 39.6 Å². The minimum atomic E-state index is -0.728. The Bertz CT molecular complexity index is 1340. The van der Waals surface area contributed by atoms with Gasteiger partial charge in [-0.15, -0.1) is 0 Å². The lowest BCUT2D eigenvalue weighted by Gasteiger charge is -2.29. The number of carbonyl (C=O) groups is 1. The third-order valence-corrected chi connectivity index (χ3v) is 6.99. The first-order chi connectivity index (χ1) is 15.8. The third kappa shape index (κ3) is 3.60. The second kappa shape index (κ2) is 7.99. The summed E-state index contributed by atoms with van der Waals surface area (Å²) in [4.78, 5) is 11.8. The van der Waals surface area contributed by atoms with E-state index < -0.39 is 5.97 Å². The van der Waals surface area contributed by atoms with Gasteiger partial charge in [0.05, 0.1) is 29.8 Å². The first kappa shape index (κ1) is 21.6. The maximum atomic E-state index is 13.8. The lowest BCUT2D eigenvalue weighted by atomic mass is 9.82. The van der Waals surface area contributed by atoms with Crippen molar-refractivity contribution in [2.45, 2.75) is 44.4 Å². The van der Waals surface area contributed by atoms with Gasteiger partial charge in [-0.2, -0.15) is 5.10 Å². The molecule has 0 radical (unpaired) electrons. The molecule has 0 spiro atoms. The molecule has 6 nitrogen and oxygen atoms in total. The summed E-state index contributed by atoms with van der Waals surface area (Å²) in [6, 6.07) is 10.8. The number of hydrogen-bond donors (Lipinski definition) is 2. The van der Waals surface area contributed by atoms with Crippen LogP contribution in [0.5, 0.6) is 0 Å². The minimum absolute atomic E-state index is 0.113. The fraction of sp³-hybridized carbons (Fsp3) is 0.385. The monoisotopic (exact) mass is 449 g/mol. The second-order valence-corrected chi connectivity index (χ2v) is 9.76. The zero-order valence-electron chi connectivity index (χ0n) is 19.1. The maximum Gasteiger partial charge on any atom is 0.306 e. The van der Waals surface area contributed by atoms with Gasteiger partial charge in [-0.25, -0.2) is 4.39 Å². The van der Waals surface area contributed by atoms with Crippen LogP contribution in [0.4, 0.5) is 4.39 Å². The number of benzene rings is 2. The zero-order valence-corrected chi connectivity index (χ0v) is 19.1. The first-order valence-corrected chi connectivity index (χ1v) is 11.3. The Morgan fingerprint density at radius 3 is 2.70 bits per heavy atom. The van der Waals surface area contributed by atoms with E-state index in [-0.39, 0.29) is 23.1 Å². The number of carboxylic acids is 1. The molecule has 2 N–H and O–H groups in total. The van der Waals surface area contributed by atoms with Gasteiger partial charge >= 0.3 is 5.97 Å². The number of hydrogen-bond acceptors (Lipinski definition) is 3. The fourth-order valence-corrected chi connectivity index (χ4v) is 5.58. The number of carboxylic acid groups (broad SMARTS) is 1. The van der Waals surface area contributed by atoms with E-state index in [9.17, 15) is 14.3 Å². The number of nitrogens with zero attached hydrogens (tertiary/aromatic N) is 2. The van der Waals surface area contributed by atoms with Gasteiger partial charge in [-0.1, -0.05) is 13.8 Å². The molecule has 1 aliphatic rings. The minimum Gasteiger partial charge on any atom is -0.481 e. The molecule has 1 unspecified atom stereocenters. The molecule has 0 amide bonds. The molecule has 2 atom stereocenters. The Balaban J connectivity index is 1.86. The van der Waals surface area contributed by atoms with Crippen molar-refractivity contribution in [2.75, 3.05) is 13.7 Å². The number of methoxy groups -OCH3 is 1. The zero-order chi connectivity index (χ0) is 23.3. The van der Waals surface area contributed by atoms with Crippen LogP contribution in [0.15, 0.2) is 42.6 Å². The van der Waals surface area contributed by atoms with E-state index in [0.717, 1.165) is 45.2 Å². The molecule has 2 aromatic carbocycles. The van der Waals surface area contributed by atoms with Gasteiger partial charge in [-0.3, -0.25) is 9.89 Å². The molecular weight excluding hydrogens is 421 g/mol. The van der Waals surface area contributed by atoms with Crippen LogP contribution in [0.1, 0.15) is 50.3 Å². The molecule has 172 valence electrons. The molecule has 7 heteroatoms. The normalized spacial score (nSPS) is 19.0. The third-order valence-electron chi connectivity index (χ3n) is 6.99. The lowest BCUT2D eigenvalue weighted by Crippen LogP contribution is -2.28. The summed E-state index contributed by atoms with van der Waals surface area (Å²) in [5.74, 6) is -1.24. The van der Waals surface area contributed by atoms with E-state index in [1.807, 2.05) is 0 Å². The van der Waals surface area contributed by atoms with Crippen LogP contribution in [0.3, 0.4) is 0 Å². The quantitative estimate of drug-likeness (QED) is 0.405. The van der Waals surface area contributed by atoms with E-state index in [1.165, 1.54) is 12.1 Å². The van der Waals surface area contributed by atoms with Gasteiger partial charge in [0.25, 0.3) is 0 Å². The first-order valence-electron chi connectivity index (χ1n) is 11.3. The number of rotatable bonds is 6. The van der Waals surface area contributed by atoms with Crippen LogP contribution >= 0.6 is 0 Å². The summed E-state index contributed by atoms with van der Waals surface area (Å²) >= 11 is 0. The maximum absolute atomic E-state index is 13.8. The Morgan fingerprint density at radius 1 is 1.27 bits per heavy atom. The summed E-state index contributed by atoms with van der Waals surface area (Å²) in [5.41, 5.74) is 4.68. The molecule has 0 bridgehead atoms. The van der Waals surface area contributed by atoms with Crippen LogP contribution < -0.4 is 0 Å². The van der Waals surface area contributed by atoms with Crippen molar-refractivity contribution < 1.29 is 19.0 Å². The fourth-order valence-electron chi connectivity index (χ4n) is 5.58. The van der Waals surface area contributed by atoms with Crippen molar-refractivity contribution in [1.82, 2.24) is 14.8 Å². The molecule has 4 aromatic rings. The molecule has 5 rings (SSSR count). The Kier molecular flexibility index (Phi) is 5.24. The van der Waals surface area contributed by atoms with Gasteiger partial charge in [-0.05, 0) is 67.1 Å². The number of fused-ring (bicyclic) bond motifs is 2. The standard InChI is InChI=1S/C26H28FN3O3/c1-26(2,14-33-3)24-23(15-4-5-16(10-15)25(31)32)20-12-21-17(13-28-29-21)11-22(20)30(24)19-8-6-18(27)7-9-19/h6-9,11-13,15-16H,4-5,10,14H2,1-3H3,(H,28,29)(H,31,32)/t15-,16?/m1/s1. The van der Waals surface area contributed by atoms with E-state index in [4.69, 9.17) is 4.74 Å². The van der Waals surface area contributed by atoms with Crippen molar-refractivity contribution in [3.8, 4) is 5.69 Å². The number of aromatic amines is 1. The summed E-state index contributed by atoms with van der Waals surface area (Å²) in [5, 5.41) is 19.0. The van der Waals surface area contributed by atoms with Gasteiger partial charge < -0.3 is 14.4 Å². The number of aliphatic carboxylic acids is 1. The van der Waals surface area contributed by atoms with Crippen molar-refractivity contribution in [3.63, 3.8) is 0 Å². The molecule has 0 saturated heterocycles. The summed E-state index contributed by atoms with van der Waals surface area (Å²) in [7, 11) is 1.69. The van der Waals surface area contributed by atoms with E-state index in [2.05, 4.69) is 40.7 Å². The van der Waals surface area contributed by atoms with Gasteiger partial charge in [0.1, 0.15) is 5.82 Å². The molecule has 2 heterocycles. The van der Waals surface area contributed by atoms with Crippen molar-refractivity contribution in [1.29, 1.82) is 0 Å². The Labute approximate surface area is 191 Å². The smallest absolute Gasteiger partial charge is 0.306 e. The summed E-state index contributed by atoms with van der Waals surface area (Å²) in [6.45, 7) is 4.78. The molecule has 1 aliphatic carbocycles. The van der Waals surface area contributed by atoms with Gasteiger partial charge in [0.15, 0.2) is 0 Å². The molecule has 2 aromatic heterocycles. The lowest BCUT2D eigenvalue weighted by molar-refractivity contribution is -0.141. The van der Waals surface area contributed by atoms with E-state index in [0.29, 0.717) is 19.4 Å². The SMILES string of the molecule is COCC(C)(C)c1c([C@@H]2CCC(C(=O)O)C2)c2cc3[nH]ncc3cc2n1-c1ccc(F)cc1. The van der Waals surface area contributed by atoms with Crippen LogP contribution in [-0.2, 0) is 14.9 Å². The highest BCUT2D eigenvalue weighted by molar-refractivity contribution is 5.99. The van der Waals surface area contributed by atoms with Gasteiger partial charge in [0.2, 0.25) is 0 Å². The Hall–Kier alpha value is -3.19. The van der Waals surface area contributed by atoms with Crippen LogP contribution in [0.25, 0.3) is 27.5 Å². The molecule has 1 saturated carbocycles. The highest BCUT2D eigenvalue weighted by Crippen LogP contribution is 2.48. The molecule has 0 aliphatic heterocycles. The number of aromatic nitrogens is 3. The Morgan fingerprint density at radius 2 is 2.03 bits per heavy atom.